The molecule has 4 rings (SSSR count). The van der Waals surface area contributed by atoms with Gasteiger partial charge < -0.3 is 20.3 Å². The molecule has 0 spiro atoms. The molecule has 2 fully saturated rings. The summed E-state index contributed by atoms with van der Waals surface area (Å²) in [6.07, 6.45) is 1.70. The molecule has 2 saturated heterocycles. The number of carboxylic acid groups (broad SMARTS) is 1. The number of hydrogen-bond acceptors (Lipinski definition) is 5. The lowest BCUT2D eigenvalue weighted by Crippen LogP contribution is -2.46. The van der Waals surface area contributed by atoms with Gasteiger partial charge in [-0.15, -0.1) is 0 Å². The van der Waals surface area contributed by atoms with E-state index in [4.69, 9.17) is 19.7 Å². The molecule has 150 valence electrons. The van der Waals surface area contributed by atoms with Crippen molar-refractivity contribution in [3.8, 4) is 0 Å². The normalized spacial score (nSPS) is 24.1. The van der Waals surface area contributed by atoms with Crippen molar-refractivity contribution in [3.63, 3.8) is 0 Å². The van der Waals surface area contributed by atoms with Gasteiger partial charge >= 0.3 is 0 Å². The zero-order valence-electron chi connectivity index (χ0n) is 15.7. The number of rotatable bonds is 4. The Morgan fingerprint density at radius 2 is 1.96 bits per heavy atom. The molecule has 2 aliphatic rings. The quantitative estimate of drug-likeness (QED) is 0.689. The smallest absolute Gasteiger partial charge is 0.290 e. The number of aliphatic hydroxyl groups excluding tert-OH is 1. The minimum Gasteiger partial charge on any atom is -0.483 e. The van der Waals surface area contributed by atoms with Crippen molar-refractivity contribution in [1.29, 1.82) is 0 Å². The van der Waals surface area contributed by atoms with Crippen molar-refractivity contribution in [2.75, 3.05) is 26.3 Å². The first-order valence-electron chi connectivity index (χ1n) is 9.49. The molecule has 0 unspecified atom stereocenters. The second-order valence-corrected chi connectivity index (χ2v) is 7.11. The van der Waals surface area contributed by atoms with Gasteiger partial charge in [-0.1, -0.05) is 36.4 Å². The molecule has 0 aromatic heterocycles. The largest absolute Gasteiger partial charge is 0.483 e. The topological polar surface area (TPSA) is 99.1 Å². The minimum atomic E-state index is -0.250. The summed E-state index contributed by atoms with van der Waals surface area (Å²) in [5, 5.41) is 21.3. The van der Waals surface area contributed by atoms with Crippen molar-refractivity contribution in [2.45, 2.75) is 31.0 Å². The molecule has 3 N–H and O–H groups in total. The molecular formula is C21H26N2O5. The Morgan fingerprint density at radius 1 is 1.21 bits per heavy atom. The fourth-order valence-corrected chi connectivity index (χ4v) is 4.05. The first kappa shape index (κ1) is 20.3. The van der Waals surface area contributed by atoms with Crippen molar-refractivity contribution in [1.82, 2.24) is 10.2 Å². The maximum atomic E-state index is 12.8. The standard InChI is InChI=1S/C20H24N2O3.CH2O2/c23-9-8-17-12-22-11-15(10-16(22)13-25-17)21-20(24)19-7-3-5-14-4-1-2-6-18(14)19;2-1-3/h1-7,15-17,23H,8-13H2,(H,21,24);1H,(H,2,3)/t15-,16+,17+;/m1./s1. The van der Waals surface area contributed by atoms with E-state index in [0.717, 1.165) is 35.8 Å². The number of carbonyl (C=O) groups is 2. The molecule has 0 radical (unpaired) electrons. The molecule has 2 aromatic carbocycles. The van der Waals surface area contributed by atoms with Crippen LogP contribution in [0.1, 0.15) is 23.2 Å². The molecule has 0 saturated carbocycles. The second kappa shape index (κ2) is 9.64. The number of nitrogens with zero attached hydrogens (tertiary/aromatic N) is 1. The van der Waals surface area contributed by atoms with E-state index < -0.39 is 0 Å². The third-order valence-electron chi connectivity index (χ3n) is 5.31. The van der Waals surface area contributed by atoms with E-state index in [1.165, 1.54) is 0 Å². The van der Waals surface area contributed by atoms with Crippen LogP contribution in [0.15, 0.2) is 42.5 Å². The number of morpholine rings is 1. The lowest BCUT2D eigenvalue weighted by molar-refractivity contribution is -0.122. The van der Waals surface area contributed by atoms with Crippen LogP contribution in [0, 0.1) is 0 Å². The van der Waals surface area contributed by atoms with Gasteiger partial charge in [0.1, 0.15) is 0 Å². The van der Waals surface area contributed by atoms with Gasteiger partial charge in [0, 0.05) is 37.3 Å². The Labute approximate surface area is 163 Å². The van der Waals surface area contributed by atoms with Gasteiger partial charge in [-0.05, 0) is 29.7 Å². The molecule has 3 atom stereocenters. The molecule has 0 aliphatic carbocycles. The Hall–Kier alpha value is -2.48. The number of amides is 1. The van der Waals surface area contributed by atoms with Crippen LogP contribution in [0.4, 0.5) is 0 Å². The van der Waals surface area contributed by atoms with E-state index >= 15 is 0 Å². The highest BCUT2D eigenvalue weighted by Gasteiger charge is 2.37. The average molecular weight is 386 g/mol. The zero-order chi connectivity index (χ0) is 19.9. The van der Waals surface area contributed by atoms with E-state index in [2.05, 4.69) is 10.2 Å². The Kier molecular flexibility index (Phi) is 6.97. The van der Waals surface area contributed by atoms with Gasteiger partial charge in [0.05, 0.1) is 12.7 Å². The highest BCUT2D eigenvalue weighted by Crippen LogP contribution is 2.25. The fraction of sp³-hybridized carbons (Fsp3) is 0.429. The van der Waals surface area contributed by atoms with Crippen LogP contribution in [0.25, 0.3) is 10.8 Å². The second-order valence-electron chi connectivity index (χ2n) is 7.11. The van der Waals surface area contributed by atoms with Crippen molar-refractivity contribution in [2.24, 2.45) is 0 Å². The van der Waals surface area contributed by atoms with Gasteiger partial charge in [0.25, 0.3) is 12.4 Å². The molecule has 7 heteroatoms. The SMILES string of the molecule is O=C(N[C@@H]1C[C@H]2CO[C@@H](CCO)CN2C1)c1cccc2ccccc12.O=CO. The van der Waals surface area contributed by atoms with Crippen LogP contribution < -0.4 is 5.32 Å². The Balaban J connectivity index is 0.000000706. The maximum Gasteiger partial charge on any atom is 0.290 e. The predicted octanol–water partition coefficient (Wildman–Crippen LogP) is 1.49. The molecule has 2 aliphatic heterocycles. The van der Waals surface area contributed by atoms with Gasteiger partial charge in [-0.2, -0.15) is 0 Å². The van der Waals surface area contributed by atoms with Gasteiger partial charge in [-0.3, -0.25) is 14.5 Å². The minimum absolute atomic E-state index is 0.00512. The maximum absolute atomic E-state index is 12.8. The van der Waals surface area contributed by atoms with E-state index in [0.29, 0.717) is 19.1 Å². The molecule has 0 bridgehead atoms. The lowest BCUT2D eigenvalue weighted by Gasteiger charge is -2.34. The van der Waals surface area contributed by atoms with Crippen LogP contribution >= 0.6 is 0 Å². The summed E-state index contributed by atoms with van der Waals surface area (Å²) in [5.74, 6) is -0.00512. The van der Waals surface area contributed by atoms with E-state index in [9.17, 15) is 4.79 Å². The van der Waals surface area contributed by atoms with Crippen molar-refractivity contribution >= 4 is 23.2 Å². The third-order valence-corrected chi connectivity index (χ3v) is 5.31. The average Bonchev–Trinajstić information content (AvgIpc) is 3.10. The highest BCUT2D eigenvalue weighted by atomic mass is 16.5. The van der Waals surface area contributed by atoms with Crippen LogP contribution in [0.2, 0.25) is 0 Å². The predicted molar refractivity (Wildman–Crippen MR) is 105 cm³/mol. The summed E-state index contributed by atoms with van der Waals surface area (Å²) in [5.41, 5.74) is 0.734. The molecule has 1 amide bonds. The molecule has 2 heterocycles. The van der Waals surface area contributed by atoms with Crippen LogP contribution in [0.5, 0.6) is 0 Å². The van der Waals surface area contributed by atoms with Gasteiger partial charge in [0.15, 0.2) is 0 Å². The van der Waals surface area contributed by atoms with E-state index in [1.54, 1.807) is 0 Å². The monoisotopic (exact) mass is 386 g/mol. The summed E-state index contributed by atoms with van der Waals surface area (Å²) in [6.45, 7) is 2.29. The van der Waals surface area contributed by atoms with Crippen LogP contribution in [0.3, 0.4) is 0 Å². The summed E-state index contributed by atoms with van der Waals surface area (Å²) in [4.78, 5) is 23.5. The number of carbonyl (C=O) groups excluding carboxylic acids is 1. The first-order valence-corrected chi connectivity index (χ1v) is 9.49. The molecular weight excluding hydrogens is 360 g/mol. The zero-order valence-corrected chi connectivity index (χ0v) is 15.7. The lowest BCUT2D eigenvalue weighted by atomic mass is 10.0. The number of nitrogens with one attached hydrogen (secondary N) is 1. The molecule has 28 heavy (non-hydrogen) atoms. The first-order chi connectivity index (χ1) is 13.7. The van der Waals surface area contributed by atoms with Crippen LogP contribution in [-0.2, 0) is 9.53 Å². The van der Waals surface area contributed by atoms with Gasteiger partial charge in [-0.25, -0.2) is 0 Å². The van der Waals surface area contributed by atoms with E-state index in [-0.39, 0.29) is 31.1 Å². The number of ether oxygens (including phenoxy) is 1. The number of fused-ring (bicyclic) bond motifs is 2. The third kappa shape index (κ3) is 4.67. The number of hydrogen-bond donors (Lipinski definition) is 3. The van der Waals surface area contributed by atoms with Gasteiger partial charge in [0.2, 0.25) is 0 Å². The van der Waals surface area contributed by atoms with Crippen LogP contribution in [-0.4, -0.2) is 72.0 Å². The Morgan fingerprint density at radius 3 is 2.75 bits per heavy atom. The summed E-state index contributed by atoms with van der Waals surface area (Å²) < 4.78 is 5.81. The molecule has 2 aromatic rings. The summed E-state index contributed by atoms with van der Waals surface area (Å²) in [6, 6.07) is 14.3. The number of benzene rings is 2. The Bertz CT molecular complexity index is 807. The summed E-state index contributed by atoms with van der Waals surface area (Å²) in [7, 11) is 0. The van der Waals surface area contributed by atoms with Crippen molar-refractivity contribution < 1.29 is 24.5 Å². The van der Waals surface area contributed by atoms with Crippen molar-refractivity contribution in [3.05, 3.63) is 48.0 Å². The summed E-state index contributed by atoms with van der Waals surface area (Å²) >= 11 is 0. The molecule has 7 nitrogen and oxygen atoms in total. The van der Waals surface area contributed by atoms with E-state index in [1.807, 2.05) is 42.5 Å². The fourth-order valence-electron chi connectivity index (χ4n) is 4.05. The number of aliphatic hydroxyl groups is 1. The highest BCUT2D eigenvalue weighted by molar-refractivity contribution is 6.07.